The van der Waals surface area contributed by atoms with Gasteiger partial charge in [-0.25, -0.2) is 0 Å². The molecule has 1 aliphatic heterocycles. The van der Waals surface area contributed by atoms with E-state index >= 15 is 0 Å². The molecular weight excluding hydrogens is 314 g/mol. The fraction of sp³-hybridized carbons (Fsp3) is 0.600. The third-order valence-electron chi connectivity index (χ3n) is 3.94. The van der Waals surface area contributed by atoms with E-state index in [-0.39, 0.29) is 6.54 Å². The lowest BCUT2D eigenvalue weighted by Gasteiger charge is -2.36. The second kappa shape index (κ2) is 7.98. The van der Waals surface area contributed by atoms with Gasteiger partial charge in [-0.3, -0.25) is 9.80 Å². The highest BCUT2D eigenvalue weighted by Gasteiger charge is 2.25. The van der Waals surface area contributed by atoms with Crippen molar-refractivity contribution in [2.45, 2.75) is 19.1 Å². The lowest BCUT2D eigenvalue weighted by atomic mass is 10.1. The number of hydrogen-bond donors (Lipinski definition) is 1. The molecule has 0 amide bonds. The number of aromatic nitrogens is 2. The van der Waals surface area contributed by atoms with Crippen molar-refractivity contribution in [1.29, 1.82) is 0 Å². The first-order valence-electron chi connectivity index (χ1n) is 7.81. The van der Waals surface area contributed by atoms with Crippen LogP contribution in [0, 0.1) is 0 Å². The predicted octanol–water partition coefficient (Wildman–Crippen LogP) is 1.10. The van der Waals surface area contributed by atoms with Gasteiger partial charge in [-0.05, 0) is 18.5 Å². The summed E-state index contributed by atoms with van der Waals surface area (Å²) in [5, 5.41) is 6.11. The Labute approximate surface area is 140 Å². The van der Waals surface area contributed by atoms with Gasteiger partial charge in [0, 0.05) is 24.5 Å². The maximum atomic E-state index is 5.51. The highest BCUT2D eigenvalue weighted by Crippen LogP contribution is 2.27. The van der Waals surface area contributed by atoms with E-state index in [0.717, 1.165) is 32.8 Å². The van der Waals surface area contributed by atoms with Crippen LogP contribution >= 0.6 is 11.3 Å². The van der Waals surface area contributed by atoms with Gasteiger partial charge in [0.2, 0.25) is 5.89 Å². The quantitative estimate of drug-likeness (QED) is 0.810. The van der Waals surface area contributed by atoms with E-state index in [1.54, 1.807) is 11.3 Å². The molecule has 8 heteroatoms. The topological polar surface area (TPSA) is 80.7 Å². The van der Waals surface area contributed by atoms with Crippen molar-refractivity contribution in [2.24, 2.45) is 5.73 Å². The molecule has 0 aliphatic carbocycles. The number of ether oxygens (including phenoxy) is 1. The van der Waals surface area contributed by atoms with Crippen LogP contribution in [-0.4, -0.2) is 59.8 Å². The molecule has 1 saturated heterocycles. The third-order valence-corrected chi connectivity index (χ3v) is 4.91. The van der Waals surface area contributed by atoms with Crippen molar-refractivity contribution in [1.82, 2.24) is 19.9 Å². The van der Waals surface area contributed by atoms with Crippen LogP contribution in [0.25, 0.3) is 0 Å². The Balaban J connectivity index is 1.65. The Morgan fingerprint density at radius 1 is 1.43 bits per heavy atom. The molecule has 23 heavy (non-hydrogen) atoms. The third kappa shape index (κ3) is 4.36. The summed E-state index contributed by atoms with van der Waals surface area (Å²) in [6, 6.07) is 4.68. The molecule has 0 radical (unpaired) electrons. The first-order valence-corrected chi connectivity index (χ1v) is 8.69. The second-order valence-electron chi connectivity index (χ2n) is 5.68. The normalized spacial score (nSPS) is 17.7. The summed E-state index contributed by atoms with van der Waals surface area (Å²) in [7, 11) is 2.08. The molecule has 0 aromatic carbocycles. The van der Waals surface area contributed by atoms with Crippen molar-refractivity contribution in [3.05, 3.63) is 34.1 Å². The van der Waals surface area contributed by atoms with Gasteiger partial charge in [-0.1, -0.05) is 11.2 Å². The van der Waals surface area contributed by atoms with Crippen molar-refractivity contribution in [3.8, 4) is 0 Å². The standard InChI is InChI=1S/C15H23N5O2S/c1-19(11-14-17-15(9-16)22-18-14)10-12(13-3-2-8-23-13)20-4-6-21-7-5-20/h2-3,8,12H,4-7,9-11,16H2,1H3. The maximum Gasteiger partial charge on any atom is 0.240 e. The van der Waals surface area contributed by atoms with Gasteiger partial charge < -0.3 is 15.0 Å². The van der Waals surface area contributed by atoms with E-state index in [0.29, 0.717) is 24.3 Å². The molecule has 2 aromatic rings. The Morgan fingerprint density at radius 3 is 2.91 bits per heavy atom. The van der Waals surface area contributed by atoms with E-state index in [1.807, 2.05) is 0 Å². The smallest absolute Gasteiger partial charge is 0.240 e. The summed E-state index contributed by atoms with van der Waals surface area (Å²) in [5.74, 6) is 1.16. The van der Waals surface area contributed by atoms with Crippen LogP contribution in [0.15, 0.2) is 22.0 Å². The summed E-state index contributed by atoms with van der Waals surface area (Å²) in [4.78, 5) is 10.4. The van der Waals surface area contributed by atoms with Crippen LogP contribution in [0.4, 0.5) is 0 Å². The van der Waals surface area contributed by atoms with Crippen molar-refractivity contribution in [2.75, 3.05) is 39.9 Å². The molecule has 1 unspecified atom stereocenters. The molecule has 7 nitrogen and oxygen atoms in total. The van der Waals surface area contributed by atoms with Crippen molar-refractivity contribution < 1.29 is 9.26 Å². The Bertz CT molecular complexity index is 582. The Kier molecular flexibility index (Phi) is 5.74. The largest absolute Gasteiger partial charge is 0.379 e. The molecular formula is C15H23N5O2S. The zero-order chi connectivity index (χ0) is 16.1. The van der Waals surface area contributed by atoms with Crippen molar-refractivity contribution in [3.63, 3.8) is 0 Å². The number of rotatable bonds is 7. The average Bonchev–Trinajstić information content (AvgIpc) is 3.25. The van der Waals surface area contributed by atoms with Gasteiger partial charge in [0.1, 0.15) is 0 Å². The summed E-state index contributed by atoms with van der Waals surface area (Å²) in [6.45, 7) is 5.38. The van der Waals surface area contributed by atoms with E-state index in [2.05, 4.69) is 44.5 Å². The zero-order valence-corrected chi connectivity index (χ0v) is 14.2. The van der Waals surface area contributed by atoms with Crippen LogP contribution in [-0.2, 0) is 17.8 Å². The molecule has 0 bridgehead atoms. The monoisotopic (exact) mass is 337 g/mol. The number of likely N-dealkylation sites (N-methyl/N-ethyl adjacent to an activating group) is 1. The van der Waals surface area contributed by atoms with Crippen LogP contribution in [0.1, 0.15) is 22.6 Å². The SMILES string of the molecule is CN(Cc1noc(CN)n1)CC(c1cccs1)N1CCOCC1. The molecule has 2 aromatic heterocycles. The summed E-state index contributed by atoms with van der Waals surface area (Å²) in [5.41, 5.74) is 5.51. The second-order valence-corrected chi connectivity index (χ2v) is 6.66. The zero-order valence-electron chi connectivity index (χ0n) is 13.4. The fourth-order valence-electron chi connectivity index (χ4n) is 2.79. The lowest BCUT2D eigenvalue weighted by molar-refractivity contribution is 0.00946. The molecule has 1 atom stereocenters. The minimum Gasteiger partial charge on any atom is -0.379 e. The summed E-state index contributed by atoms with van der Waals surface area (Å²) in [6.07, 6.45) is 0. The fourth-order valence-corrected chi connectivity index (χ4v) is 3.65. The van der Waals surface area contributed by atoms with E-state index in [4.69, 9.17) is 15.0 Å². The van der Waals surface area contributed by atoms with Crippen LogP contribution in [0.5, 0.6) is 0 Å². The Hall–Kier alpha value is -1.32. The van der Waals surface area contributed by atoms with Gasteiger partial charge in [-0.2, -0.15) is 4.98 Å². The number of nitrogens with two attached hydrogens (primary N) is 1. The van der Waals surface area contributed by atoms with Gasteiger partial charge in [0.05, 0.1) is 32.3 Å². The molecule has 1 aliphatic rings. The molecule has 0 spiro atoms. The molecule has 126 valence electrons. The van der Waals surface area contributed by atoms with Gasteiger partial charge in [0.25, 0.3) is 0 Å². The average molecular weight is 337 g/mol. The van der Waals surface area contributed by atoms with Gasteiger partial charge in [0.15, 0.2) is 5.82 Å². The van der Waals surface area contributed by atoms with E-state index < -0.39 is 0 Å². The lowest BCUT2D eigenvalue weighted by Crippen LogP contribution is -2.42. The molecule has 3 heterocycles. The molecule has 2 N–H and O–H groups in total. The first-order chi connectivity index (χ1) is 11.3. The Morgan fingerprint density at radius 2 is 2.26 bits per heavy atom. The highest BCUT2D eigenvalue weighted by atomic mass is 32.1. The number of nitrogens with zero attached hydrogens (tertiary/aromatic N) is 4. The first kappa shape index (κ1) is 16.5. The highest BCUT2D eigenvalue weighted by molar-refractivity contribution is 7.10. The summed E-state index contributed by atoms with van der Waals surface area (Å²) < 4.78 is 10.6. The van der Waals surface area contributed by atoms with E-state index in [1.165, 1.54) is 4.88 Å². The molecule has 1 fully saturated rings. The van der Waals surface area contributed by atoms with E-state index in [9.17, 15) is 0 Å². The minimum atomic E-state index is 0.280. The van der Waals surface area contributed by atoms with Gasteiger partial charge >= 0.3 is 0 Å². The minimum absolute atomic E-state index is 0.280. The van der Waals surface area contributed by atoms with Crippen molar-refractivity contribution >= 4 is 11.3 Å². The maximum absolute atomic E-state index is 5.51. The van der Waals surface area contributed by atoms with Crippen LogP contribution in [0.3, 0.4) is 0 Å². The van der Waals surface area contributed by atoms with Gasteiger partial charge in [-0.15, -0.1) is 11.3 Å². The van der Waals surface area contributed by atoms with Crippen LogP contribution < -0.4 is 5.73 Å². The molecule has 3 rings (SSSR count). The van der Waals surface area contributed by atoms with Crippen LogP contribution in [0.2, 0.25) is 0 Å². The number of hydrogen-bond acceptors (Lipinski definition) is 8. The number of morpholine rings is 1. The summed E-state index contributed by atoms with van der Waals surface area (Å²) >= 11 is 1.81. The number of thiophene rings is 1. The predicted molar refractivity (Wildman–Crippen MR) is 88.0 cm³/mol. The molecule has 0 saturated carbocycles.